The second-order valence-corrected chi connectivity index (χ2v) is 7.03. The van der Waals surface area contributed by atoms with Crippen LogP contribution in [-0.4, -0.2) is 39.4 Å². The molecule has 0 aliphatic carbocycles. The van der Waals surface area contributed by atoms with Crippen molar-refractivity contribution >= 4 is 23.1 Å². The number of thiazole rings is 1. The average Bonchev–Trinajstić information content (AvgIpc) is 3.14. The summed E-state index contributed by atoms with van der Waals surface area (Å²) in [6, 6.07) is 0.0256. The number of carbonyl (C=O) groups excluding carboxylic acids is 1. The van der Waals surface area contributed by atoms with Gasteiger partial charge in [-0.3, -0.25) is 9.78 Å². The minimum absolute atomic E-state index is 0.0256. The molecule has 0 spiro atoms. The molecule has 3 rings (SSSR count). The fourth-order valence-electron chi connectivity index (χ4n) is 3.01. The zero-order chi connectivity index (χ0) is 16.4. The van der Waals surface area contributed by atoms with Crippen molar-refractivity contribution in [2.75, 3.05) is 18.9 Å². The standard InChI is InChI=1S/C16H21N5OS/c1-10-14(23-11(2)19-10)7-16(22)21-6-4-5-13(21)12-8-18-9-15(17-3)20-12/h8-9,13H,4-7H2,1-3H3,(H,17,20)/t13-/m1/s1. The maximum absolute atomic E-state index is 12.8. The highest BCUT2D eigenvalue weighted by Crippen LogP contribution is 2.32. The Morgan fingerprint density at radius 1 is 1.39 bits per heavy atom. The van der Waals surface area contributed by atoms with E-state index in [1.165, 1.54) is 0 Å². The quantitative estimate of drug-likeness (QED) is 0.932. The Morgan fingerprint density at radius 2 is 2.22 bits per heavy atom. The van der Waals surface area contributed by atoms with Gasteiger partial charge in [0.2, 0.25) is 5.91 Å². The van der Waals surface area contributed by atoms with Crippen molar-refractivity contribution in [3.63, 3.8) is 0 Å². The fourth-order valence-corrected chi connectivity index (χ4v) is 3.94. The maximum atomic E-state index is 12.8. The number of amides is 1. The second kappa shape index (κ2) is 6.62. The summed E-state index contributed by atoms with van der Waals surface area (Å²) in [5.74, 6) is 0.881. The van der Waals surface area contributed by atoms with Gasteiger partial charge in [0.1, 0.15) is 5.82 Å². The number of hydrogen-bond acceptors (Lipinski definition) is 6. The zero-order valence-electron chi connectivity index (χ0n) is 13.7. The van der Waals surface area contributed by atoms with Crippen molar-refractivity contribution in [1.29, 1.82) is 0 Å². The van der Waals surface area contributed by atoms with Crippen LogP contribution in [0.3, 0.4) is 0 Å². The van der Waals surface area contributed by atoms with E-state index in [1.54, 1.807) is 23.7 Å². The molecule has 1 saturated heterocycles. The molecule has 23 heavy (non-hydrogen) atoms. The predicted molar refractivity (Wildman–Crippen MR) is 90.6 cm³/mol. The minimum Gasteiger partial charge on any atom is -0.372 e. The molecule has 1 aliphatic rings. The van der Waals surface area contributed by atoms with Gasteiger partial charge in [0, 0.05) is 18.5 Å². The topological polar surface area (TPSA) is 71.0 Å². The molecule has 2 aromatic heterocycles. The summed E-state index contributed by atoms with van der Waals surface area (Å²) in [7, 11) is 1.82. The van der Waals surface area contributed by atoms with Gasteiger partial charge in [0.15, 0.2) is 0 Å². The van der Waals surface area contributed by atoms with E-state index in [4.69, 9.17) is 0 Å². The summed E-state index contributed by atoms with van der Waals surface area (Å²) in [5.41, 5.74) is 1.83. The number of nitrogens with zero attached hydrogens (tertiary/aromatic N) is 4. The van der Waals surface area contributed by atoms with E-state index in [0.717, 1.165) is 46.5 Å². The van der Waals surface area contributed by atoms with Gasteiger partial charge in [0.05, 0.1) is 41.3 Å². The molecule has 0 radical (unpaired) electrons. The lowest BCUT2D eigenvalue weighted by Crippen LogP contribution is -2.32. The first-order valence-corrected chi connectivity index (χ1v) is 8.62. The van der Waals surface area contributed by atoms with Crippen molar-refractivity contribution in [3.05, 3.63) is 33.7 Å². The molecule has 1 atom stereocenters. The maximum Gasteiger partial charge on any atom is 0.228 e. The molecule has 1 amide bonds. The molecule has 3 heterocycles. The molecule has 2 aromatic rings. The monoisotopic (exact) mass is 331 g/mol. The van der Waals surface area contributed by atoms with Gasteiger partial charge in [0.25, 0.3) is 0 Å². The normalized spacial score (nSPS) is 17.5. The Balaban J connectivity index is 1.78. The van der Waals surface area contributed by atoms with Gasteiger partial charge in [-0.2, -0.15) is 0 Å². The van der Waals surface area contributed by atoms with Gasteiger partial charge in [-0.05, 0) is 26.7 Å². The van der Waals surface area contributed by atoms with Crippen LogP contribution >= 0.6 is 11.3 Å². The van der Waals surface area contributed by atoms with Crippen molar-refractivity contribution in [2.24, 2.45) is 0 Å². The van der Waals surface area contributed by atoms with Gasteiger partial charge in [-0.1, -0.05) is 0 Å². The molecule has 6 nitrogen and oxygen atoms in total. The van der Waals surface area contributed by atoms with Crippen molar-refractivity contribution < 1.29 is 4.79 Å². The number of likely N-dealkylation sites (tertiary alicyclic amines) is 1. The highest BCUT2D eigenvalue weighted by molar-refractivity contribution is 7.11. The van der Waals surface area contributed by atoms with E-state index >= 15 is 0 Å². The van der Waals surface area contributed by atoms with Crippen molar-refractivity contribution in [1.82, 2.24) is 19.9 Å². The number of nitrogens with one attached hydrogen (secondary N) is 1. The number of aromatic nitrogens is 3. The summed E-state index contributed by atoms with van der Waals surface area (Å²) in [5, 5.41) is 4.01. The first-order chi connectivity index (χ1) is 11.1. The third-order valence-electron chi connectivity index (χ3n) is 4.14. The van der Waals surface area contributed by atoms with Crippen LogP contribution in [0.25, 0.3) is 0 Å². The number of carbonyl (C=O) groups is 1. The van der Waals surface area contributed by atoms with Gasteiger partial charge in [-0.15, -0.1) is 11.3 Å². The van der Waals surface area contributed by atoms with E-state index in [2.05, 4.69) is 20.3 Å². The van der Waals surface area contributed by atoms with Crippen LogP contribution in [0.5, 0.6) is 0 Å². The lowest BCUT2D eigenvalue weighted by molar-refractivity contribution is -0.131. The zero-order valence-corrected chi connectivity index (χ0v) is 14.5. The predicted octanol–water partition coefficient (Wildman–Crippen LogP) is 2.50. The molecule has 7 heteroatoms. The average molecular weight is 331 g/mol. The van der Waals surface area contributed by atoms with E-state index < -0.39 is 0 Å². The highest BCUT2D eigenvalue weighted by atomic mass is 32.1. The van der Waals surface area contributed by atoms with E-state index in [0.29, 0.717) is 6.42 Å². The summed E-state index contributed by atoms with van der Waals surface area (Å²) < 4.78 is 0. The van der Waals surface area contributed by atoms with Crippen LogP contribution in [0, 0.1) is 13.8 Å². The number of rotatable bonds is 4. The third-order valence-corrected chi connectivity index (χ3v) is 5.21. The molecule has 122 valence electrons. The Morgan fingerprint density at radius 3 is 2.91 bits per heavy atom. The van der Waals surface area contributed by atoms with E-state index in [1.807, 2.05) is 25.8 Å². The van der Waals surface area contributed by atoms with Crippen LogP contribution in [0.2, 0.25) is 0 Å². The number of anilines is 1. The van der Waals surface area contributed by atoms with Crippen LogP contribution in [-0.2, 0) is 11.2 Å². The summed E-state index contributed by atoms with van der Waals surface area (Å²) >= 11 is 1.61. The minimum atomic E-state index is 0.0256. The molecular formula is C16H21N5OS. The smallest absolute Gasteiger partial charge is 0.228 e. The summed E-state index contributed by atoms with van der Waals surface area (Å²) in [4.78, 5) is 29.0. The first-order valence-electron chi connectivity index (χ1n) is 7.80. The van der Waals surface area contributed by atoms with Gasteiger partial charge >= 0.3 is 0 Å². The molecule has 1 N–H and O–H groups in total. The van der Waals surface area contributed by atoms with Crippen molar-refractivity contribution in [3.8, 4) is 0 Å². The van der Waals surface area contributed by atoms with Crippen LogP contribution < -0.4 is 5.32 Å². The molecule has 0 bridgehead atoms. The lowest BCUT2D eigenvalue weighted by Gasteiger charge is -2.24. The van der Waals surface area contributed by atoms with E-state index in [9.17, 15) is 4.79 Å². The second-order valence-electron chi connectivity index (χ2n) is 5.74. The van der Waals surface area contributed by atoms with Crippen LogP contribution in [0.4, 0.5) is 5.82 Å². The molecular weight excluding hydrogens is 310 g/mol. The molecule has 0 aromatic carbocycles. The van der Waals surface area contributed by atoms with Gasteiger partial charge in [-0.25, -0.2) is 9.97 Å². The molecule has 0 unspecified atom stereocenters. The van der Waals surface area contributed by atoms with Gasteiger partial charge < -0.3 is 10.2 Å². The van der Waals surface area contributed by atoms with Crippen molar-refractivity contribution in [2.45, 2.75) is 39.2 Å². The molecule has 0 saturated carbocycles. The van der Waals surface area contributed by atoms with Crippen LogP contribution in [0.15, 0.2) is 12.4 Å². The Hall–Kier alpha value is -2.02. The van der Waals surface area contributed by atoms with E-state index in [-0.39, 0.29) is 11.9 Å². The highest BCUT2D eigenvalue weighted by Gasteiger charge is 2.31. The largest absolute Gasteiger partial charge is 0.372 e. The first kappa shape index (κ1) is 15.9. The summed E-state index contributed by atoms with van der Waals surface area (Å²) in [6.45, 7) is 4.73. The molecule has 1 fully saturated rings. The third kappa shape index (κ3) is 3.34. The number of hydrogen-bond donors (Lipinski definition) is 1. The fraction of sp³-hybridized carbons (Fsp3) is 0.500. The van der Waals surface area contributed by atoms with Crippen LogP contribution in [0.1, 0.15) is 40.2 Å². The Bertz CT molecular complexity index is 714. The SMILES string of the molecule is CNc1cncc([C@H]2CCCN2C(=O)Cc2sc(C)nc2C)n1. The number of aryl methyl sites for hydroxylation is 2. The Kier molecular flexibility index (Phi) is 4.56. The lowest BCUT2D eigenvalue weighted by atomic mass is 10.1. The Labute approximate surface area is 140 Å². The summed E-state index contributed by atoms with van der Waals surface area (Å²) in [6.07, 6.45) is 5.82. The molecule has 1 aliphatic heterocycles.